The Morgan fingerprint density at radius 1 is 1.33 bits per heavy atom. The SMILES string of the molecule is CCCOc1ccc(S(=O)(=O)N(CC(=O)O)C2CC2)cc1. The van der Waals surface area contributed by atoms with Crippen LogP contribution in [0, 0.1) is 0 Å². The van der Waals surface area contributed by atoms with Crippen molar-refractivity contribution in [3.05, 3.63) is 24.3 Å². The van der Waals surface area contributed by atoms with Crippen LogP contribution in [0.1, 0.15) is 26.2 Å². The Bertz CT molecular complexity index is 592. The summed E-state index contributed by atoms with van der Waals surface area (Å²) in [4.78, 5) is 11.0. The lowest BCUT2D eigenvalue weighted by Crippen LogP contribution is -2.37. The van der Waals surface area contributed by atoms with E-state index in [-0.39, 0.29) is 10.9 Å². The third-order valence-corrected chi connectivity index (χ3v) is 5.06. The summed E-state index contributed by atoms with van der Waals surface area (Å²) in [7, 11) is -3.77. The second kappa shape index (κ2) is 6.44. The minimum Gasteiger partial charge on any atom is -0.494 e. The number of sulfonamides is 1. The summed E-state index contributed by atoms with van der Waals surface area (Å²) in [6.07, 6.45) is 2.29. The van der Waals surface area contributed by atoms with Crippen molar-refractivity contribution in [1.82, 2.24) is 4.31 Å². The average Bonchev–Trinajstić information content (AvgIpc) is 3.27. The monoisotopic (exact) mass is 313 g/mol. The zero-order valence-electron chi connectivity index (χ0n) is 11.9. The molecule has 21 heavy (non-hydrogen) atoms. The molecule has 0 radical (unpaired) electrons. The fraction of sp³-hybridized carbons (Fsp3) is 0.500. The highest BCUT2D eigenvalue weighted by molar-refractivity contribution is 7.89. The molecule has 2 rings (SSSR count). The largest absolute Gasteiger partial charge is 0.494 e. The molecule has 116 valence electrons. The van der Waals surface area contributed by atoms with Gasteiger partial charge >= 0.3 is 5.97 Å². The van der Waals surface area contributed by atoms with Gasteiger partial charge < -0.3 is 9.84 Å². The van der Waals surface area contributed by atoms with Crippen LogP contribution < -0.4 is 4.74 Å². The molecular formula is C14H19NO5S. The minimum atomic E-state index is -3.77. The summed E-state index contributed by atoms with van der Waals surface area (Å²) >= 11 is 0. The van der Waals surface area contributed by atoms with Crippen molar-refractivity contribution in [3.8, 4) is 5.75 Å². The fourth-order valence-electron chi connectivity index (χ4n) is 1.97. The van der Waals surface area contributed by atoms with Crippen molar-refractivity contribution in [2.75, 3.05) is 13.2 Å². The number of benzene rings is 1. The first-order valence-corrected chi connectivity index (χ1v) is 8.35. The summed E-state index contributed by atoms with van der Waals surface area (Å²) in [5.41, 5.74) is 0. The van der Waals surface area contributed by atoms with E-state index in [1.54, 1.807) is 12.1 Å². The van der Waals surface area contributed by atoms with Gasteiger partial charge in [-0.25, -0.2) is 8.42 Å². The lowest BCUT2D eigenvalue weighted by molar-refractivity contribution is -0.137. The molecule has 7 heteroatoms. The third kappa shape index (κ3) is 3.95. The molecule has 1 aromatic carbocycles. The number of rotatable bonds is 8. The van der Waals surface area contributed by atoms with E-state index in [0.717, 1.165) is 10.7 Å². The molecule has 0 amide bonds. The number of hydrogen-bond donors (Lipinski definition) is 1. The van der Waals surface area contributed by atoms with Crippen LogP contribution in [0.25, 0.3) is 0 Å². The molecule has 0 heterocycles. The minimum absolute atomic E-state index is 0.0968. The van der Waals surface area contributed by atoms with Crippen LogP contribution in [0.4, 0.5) is 0 Å². The Morgan fingerprint density at radius 2 is 1.95 bits per heavy atom. The van der Waals surface area contributed by atoms with Crippen LogP contribution in [-0.4, -0.2) is 43.0 Å². The number of aliphatic carboxylic acids is 1. The molecule has 0 aliphatic heterocycles. The molecule has 0 spiro atoms. The first-order valence-electron chi connectivity index (χ1n) is 6.91. The maximum absolute atomic E-state index is 12.5. The van der Waals surface area contributed by atoms with Gasteiger partial charge in [0.25, 0.3) is 0 Å². The molecule has 1 aliphatic carbocycles. The highest BCUT2D eigenvalue weighted by atomic mass is 32.2. The Hall–Kier alpha value is -1.60. The molecule has 1 N–H and O–H groups in total. The number of nitrogens with zero attached hydrogens (tertiary/aromatic N) is 1. The molecule has 0 saturated heterocycles. The molecule has 1 saturated carbocycles. The predicted molar refractivity (Wildman–Crippen MR) is 76.8 cm³/mol. The second-order valence-electron chi connectivity index (χ2n) is 5.00. The van der Waals surface area contributed by atoms with Crippen LogP contribution in [0.3, 0.4) is 0 Å². The normalized spacial score (nSPS) is 15.1. The Balaban J connectivity index is 2.19. The smallest absolute Gasteiger partial charge is 0.318 e. The molecule has 0 bridgehead atoms. The maximum atomic E-state index is 12.5. The topological polar surface area (TPSA) is 83.9 Å². The maximum Gasteiger partial charge on any atom is 0.318 e. The second-order valence-corrected chi connectivity index (χ2v) is 6.89. The van der Waals surface area contributed by atoms with Crippen molar-refractivity contribution in [2.45, 2.75) is 37.1 Å². The molecule has 0 unspecified atom stereocenters. The van der Waals surface area contributed by atoms with Crippen molar-refractivity contribution in [2.24, 2.45) is 0 Å². The molecular weight excluding hydrogens is 294 g/mol. The van der Waals surface area contributed by atoms with Gasteiger partial charge in [0.1, 0.15) is 12.3 Å². The number of carboxylic acids is 1. The molecule has 6 nitrogen and oxygen atoms in total. The fourth-order valence-corrected chi connectivity index (χ4v) is 3.60. The van der Waals surface area contributed by atoms with Crippen LogP contribution in [-0.2, 0) is 14.8 Å². The van der Waals surface area contributed by atoms with Crippen molar-refractivity contribution >= 4 is 16.0 Å². The van der Waals surface area contributed by atoms with Gasteiger partial charge in [0.2, 0.25) is 10.0 Å². The Labute approximate surface area is 124 Å². The van der Waals surface area contributed by atoms with Crippen LogP contribution in [0.15, 0.2) is 29.2 Å². The molecule has 1 aliphatic rings. The van der Waals surface area contributed by atoms with Gasteiger partial charge in [0, 0.05) is 6.04 Å². The third-order valence-electron chi connectivity index (χ3n) is 3.15. The summed E-state index contributed by atoms with van der Waals surface area (Å²) in [5, 5.41) is 8.89. The summed E-state index contributed by atoms with van der Waals surface area (Å²) in [6.45, 7) is 2.05. The van der Waals surface area contributed by atoms with Gasteiger partial charge in [0.15, 0.2) is 0 Å². The van der Waals surface area contributed by atoms with E-state index in [0.29, 0.717) is 25.2 Å². The summed E-state index contributed by atoms with van der Waals surface area (Å²) in [5.74, 6) is -0.541. The Kier molecular flexibility index (Phi) is 4.84. The lowest BCUT2D eigenvalue weighted by atomic mass is 10.3. The summed E-state index contributed by atoms with van der Waals surface area (Å²) in [6, 6.07) is 5.90. The van der Waals surface area contributed by atoms with E-state index in [4.69, 9.17) is 9.84 Å². The standard InChI is InChI=1S/C14H19NO5S/c1-2-9-20-12-5-7-13(8-6-12)21(18,19)15(10-14(16)17)11-3-4-11/h5-8,11H,2-4,9-10H2,1H3,(H,16,17). The molecule has 1 fully saturated rings. The zero-order valence-corrected chi connectivity index (χ0v) is 12.7. The van der Waals surface area contributed by atoms with E-state index < -0.39 is 22.5 Å². The van der Waals surface area contributed by atoms with E-state index in [9.17, 15) is 13.2 Å². The highest BCUT2D eigenvalue weighted by Crippen LogP contribution is 2.32. The van der Waals surface area contributed by atoms with Gasteiger partial charge in [-0.05, 0) is 43.5 Å². The van der Waals surface area contributed by atoms with Crippen molar-refractivity contribution < 1.29 is 23.1 Å². The predicted octanol–water partition coefficient (Wildman–Crippen LogP) is 1.71. The van der Waals surface area contributed by atoms with Crippen LogP contribution in [0.2, 0.25) is 0 Å². The first-order chi connectivity index (χ1) is 9.95. The lowest BCUT2D eigenvalue weighted by Gasteiger charge is -2.20. The van der Waals surface area contributed by atoms with E-state index in [1.165, 1.54) is 12.1 Å². The van der Waals surface area contributed by atoms with Crippen LogP contribution in [0.5, 0.6) is 5.75 Å². The van der Waals surface area contributed by atoms with Gasteiger partial charge in [-0.3, -0.25) is 4.79 Å². The van der Waals surface area contributed by atoms with Gasteiger partial charge in [-0.15, -0.1) is 0 Å². The molecule has 0 atom stereocenters. The highest BCUT2D eigenvalue weighted by Gasteiger charge is 2.39. The van der Waals surface area contributed by atoms with Crippen LogP contribution >= 0.6 is 0 Å². The molecule has 1 aromatic rings. The summed E-state index contributed by atoms with van der Waals surface area (Å²) < 4.78 is 31.5. The number of hydrogen-bond acceptors (Lipinski definition) is 4. The van der Waals surface area contributed by atoms with Gasteiger partial charge in [0.05, 0.1) is 11.5 Å². The van der Waals surface area contributed by atoms with E-state index in [1.807, 2.05) is 6.92 Å². The van der Waals surface area contributed by atoms with E-state index in [2.05, 4.69) is 0 Å². The number of carboxylic acid groups (broad SMARTS) is 1. The number of ether oxygens (including phenoxy) is 1. The number of carbonyl (C=O) groups is 1. The quantitative estimate of drug-likeness (QED) is 0.790. The van der Waals surface area contributed by atoms with Crippen molar-refractivity contribution in [3.63, 3.8) is 0 Å². The van der Waals surface area contributed by atoms with Crippen molar-refractivity contribution in [1.29, 1.82) is 0 Å². The Morgan fingerprint density at radius 3 is 2.43 bits per heavy atom. The van der Waals surface area contributed by atoms with Gasteiger partial charge in [-0.2, -0.15) is 4.31 Å². The average molecular weight is 313 g/mol. The first kappa shape index (κ1) is 15.8. The molecule has 0 aromatic heterocycles. The van der Waals surface area contributed by atoms with Gasteiger partial charge in [-0.1, -0.05) is 6.92 Å². The van der Waals surface area contributed by atoms with E-state index >= 15 is 0 Å². The zero-order chi connectivity index (χ0) is 15.5.